The van der Waals surface area contributed by atoms with Crippen LogP contribution in [0.3, 0.4) is 0 Å². The molecule has 4 rings (SSSR count). The maximum Gasteiger partial charge on any atom is 0.132 e. The minimum absolute atomic E-state index is 0.00786. The number of nitrogens with zero attached hydrogens (tertiary/aromatic N) is 1. The highest BCUT2D eigenvalue weighted by atomic mass is 79.9. The fourth-order valence-electron chi connectivity index (χ4n) is 3.29. The highest BCUT2D eigenvalue weighted by Crippen LogP contribution is 2.53. The first-order valence-corrected chi connectivity index (χ1v) is 9.08. The number of ether oxygens (including phenoxy) is 1. The number of methoxy groups -OCH3 is 1. The van der Waals surface area contributed by atoms with Gasteiger partial charge in [-0.3, -0.25) is 0 Å². The zero-order valence-corrected chi connectivity index (χ0v) is 15.6. The number of hydrogen-bond donors (Lipinski definition) is 1. The lowest BCUT2D eigenvalue weighted by Crippen LogP contribution is -2.17. The highest BCUT2D eigenvalue weighted by Gasteiger charge is 2.47. The topological polar surface area (TPSA) is 34.2 Å². The quantitative estimate of drug-likeness (QED) is 0.566. The minimum atomic E-state index is -0.00786. The summed E-state index contributed by atoms with van der Waals surface area (Å²) in [7, 11) is 1.69. The molecule has 0 atom stereocenters. The van der Waals surface area contributed by atoms with Crippen molar-refractivity contribution in [2.24, 2.45) is 0 Å². The van der Waals surface area contributed by atoms with Gasteiger partial charge in [0.1, 0.15) is 16.2 Å². The van der Waals surface area contributed by atoms with E-state index in [9.17, 15) is 0 Å². The first-order chi connectivity index (χ1) is 12.1. The number of benzene rings is 2. The molecule has 0 aliphatic heterocycles. The van der Waals surface area contributed by atoms with Crippen LogP contribution >= 0.6 is 15.9 Å². The van der Waals surface area contributed by atoms with Crippen LogP contribution in [0.4, 0.5) is 5.82 Å². The summed E-state index contributed by atoms with van der Waals surface area (Å²) in [5.74, 6) is 1.69. The summed E-state index contributed by atoms with van der Waals surface area (Å²) < 4.78 is 6.10. The van der Waals surface area contributed by atoms with Gasteiger partial charge in [0, 0.05) is 16.5 Å². The predicted octanol–water partition coefficient (Wildman–Crippen LogP) is 5.66. The Morgan fingerprint density at radius 2 is 1.88 bits per heavy atom. The molecular weight excluding hydrogens is 376 g/mol. The normalized spacial score (nSPS) is 15.0. The van der Waals surface area contributed by atoms with Crippen molar-refractivity contribution in [1.82, 2.24) is 4.98 Å². The molecule has 1 aliphatic carbocycles. The predicted molar refractivity (Wildman–Crippen MR) is 106 cm³/mol. The van der Waals surface area contributed by atoms with Crippen molar-refractivity contribution in [1.29, 1.82) is 0 Å². The molecule has 3 nitrogen and oxygen atoms in total. The largest absolute Gasteiger partial charge is 0.497 e. The van der Waals surface area contributed by atoms with E-state index < -0.39 is 0 Å². The van der Waals surface area contributed by atoms with Crippen molar-refractivity contribution in [3.05, 3.63) is 77.0 Å². The van der Waals surface area contributed by atoms with Gasteiger partial charge in [-0.1, -0.05) is 43.0 Å². The fraction of sp³-hybridized carbons (Fsp3) is 0.190. The Balaban J connectivity index is 1.61. The lowest BCUT2D eigenvalue weighted by molar-refractivity contribution is 0.414. The number of pyridine rings is 1. The number of fused-ring (bicyclic) bond motifs is 1. The molecule has 126 valence electrons. The zero-order valence-electron chi connectivity index (χ0n) is 14.1. The lowest BCUT2D eigenvalue weighted by atomic mass is 9.93. The second-order valence-corrected chi connectivity index (χ2v) is 7.18. The number of rotatable bonds is 5. The van der Waals surface area contributed by atoms with Gasteiger partial charge in [0.05, 0.1) is 7.11 Å². The third kappa shape index (κ3) is 2.91. The number of hydrogen-bond acceptors (Lipinski definition) is 3. The Morgan fingerprint density at radius 1 is 1.16 bits per heavy atom. The van der Waals surface area contributed by atoms with Crippen molar-refractivity contribution in [3.63, 3.8) is 0 Å². The smallest absolute Gasteiger partial charge is 0.132 e. The van der Waals surface area contributed by atoms with Crippen LogP contribution in [0, 0.1) is 0 Å². The summed E-state index contributed by atoms with van der Waals surface area (Å²) in [6.07, 6.45) is 2.19. The summed E-state index contributed by atoms with van der Waals surface area (Å²) in [5, 5.41) is 5.69. The Bertz CT molecular complexity index is 946. The van der Waals surface area contributed by atoms with Crippen molar-refractivity contribution in [2.45, 2.75) is 18.3 Å². The molecule has 1 aliphatic rings. The number of nitrogens with one attached hydrogen (secondary N) is 1. The van der Waals surface area contributed by atoms with Crippen LogP contribution in [0.25, 0.3) is 10.8 Å². The van der Waals surface area contributed by atoms with E-state index in [0.717, 1.165) is 45.5 Å². The van der Waals surface area contributed by atoms with Gasteiger partial charge in [0.15, 0.2) is 0 Å². The van der Waals surface area contributed by atoms with Crippen molar-refractivity contribution in [3.8, 4) is 5.75 Å². The van der Waals surface area contributed by atoms with Gasteiger partial charge in [-0.2, -0.15) is 0 Å². The number of halogens is 1. The average molecular weight is 395 g/mol. The lowest BCUT2D eigenvalue weighted by Gasteiger charge is -2.21. The first kappa shape index (κ1) is 16.2. The third-order valence-corrected chi connectivity index (χ3v) is 5.55. The Labute approximate surface area is 155 Å². The van der Waals surface area contributed by atoms with E-state index in [4.69, 9.17) is 4.74 Å². The zero-order chi connectivity index (χ0) is 17.4. The van der Waals surface area contributed by atoms with Crippen LogP contribution in [0.5, 0.6) is 5.75 Å². The monoisotopic (exact) mass is 394 g/mol. The maximum absolute atomic E-state index is 5.26. The summed E-state index contributed by atoms with van der Waals surface area (Å²) in [6, 6.07) is 18.5. The molecule has 0 unspecified atom stereocenters. The van der Waals surface area contributed by atoms with E-state index in [1.807, 2.05) is 24.3 Å². The second-order valence-electron chi connectivity index (χ2n) is 6.43. The molecule has 4 heteroatoms. The minimum Gasteiger partial charge on any atom is -0.497 e. The van der Waals surface area contributed by atoms with E-state index in [-0.39, 0.29) is 5.41 Å². The molecule has 1 N–H and O–H groups in total. The van der Waals surface area contributed by atoms with Crippen molar-refractivity contribution < 1.29 is 4.74 Å². The van der Waals surface area contributed by atoms with Gasteiger partial charge in [0.25, 0.3) is 0 Å². The van der Waals surface area contributed by atoms with E-state index in [0.29, 0.717) is 0 Å². The van der Waals surface area contributed by atoms with Gasteiger partial charge in [-0.05, 0) is 57.9 Å². The van der Waals surface area contributed by atoms with Crippen LogP contribution in [-0.2, 0) is 5.41 Å². The maximum atomic E-state index is 5.26. The van der Waals surface area contributed by atoms with E-state index in [2.05, 4.69) is 63.1 Å². The van der Waals surface area contributed by atoms with E-state index >= 15 is 0 Å². The molecule has 0 radical (unpaired) electrons. The van der Waals surface area contributed by atoms with Crippen LogP contribution in [-0.4, -0.2) is 12.1 Å². The first-order valence-electron chi connectivity index (χ1n) is 8.29. The van der Waals surface area contributed by atoms with Crippen LogP contribution in [0.15, 0.2) is 71.5 Å². The molecule has 1 fully saturated rings. The summed E-state index contributed by atoms with van der Waals surface area (Å²) in [5.41, 5.74) is 2.25. The number of allylic oxidation sites excluding steroid dienone is 1. The molecular formula is C21H19BrN2O. The molecule has 1 saturated carbocycles. The summed E-state index contributed by atoms with van der Waals surface area (Å²) in [6.45, 7) is 4.32. The fourth-order valence-corrected chi connectivity index (χ4v) is 3.85. The second kappa shape index (κ2) is 6.19. The summed E-state index contributed by atoms with van der Waals surface area (Å²) >= 11 is 3.57. The van der Waals surface area contributed by atoms with Gasteiger partial charge in [-0.25, -0.2) is 4.98 Å². The molecule has 1 aromatic heterocycles. The van der Waals surface area contributed by atoms with Crippen LogP contribution < -0.4 is 10.1 Å². The van der Waals surface area contributed by atoms with Crippen molar-refractivity contribution in [2.75, 3.05) is 12.4 Å². The van der Waals surface area contributed by atoms with Gasteiger partial charge < -0.3 is 10.1 Å². The Morgan fingerprint density at radius 3 is 2.56 bits per heavy atom. The molecule has 25 heavy (non-hydrogen) atoms. The summed E-state index contributed by atoms with van der Waals surface area (Å²) in [4.78, 5) is 4.63. The average Bonchev–Trinajstić information content (AvgIpc) is 3.44. The SMILES string of the molecule is C=C(Nc1cc2ccccc2c(Br)n1)C1(c2ccc(OC)cc2)CC1. The Hall–Kier alpha value is -2.33. The molecule has 0 saturated heterocycles. The van der Waals surface area contributed by atoms with E-state index in [1.165, 1.54) is 5.56 Å². The molecule has 0 spiro atoms. The van der Waals surface area contributed by atoms with Gasteiger partial charge in [-0.15, -0.1) is 0 Å². The molecule has 1 heterocycles. The Kier molecular flexibility index (Phi) is 4.00. The van der Waals surface area contributed by atoms with E-state index in [1.54, 1.807) is 7.11 Å². The van der Waals surface area contributed by atoms with Crippen molar-refractivity contribution >= 4 is 32.5 Å². The van der Waals surface area contributed by atoms with Gasteiger partial charge in [0.2, 0.25) is 0 Å². The molecule has 0 amide bonds. The number of anilines is 1. The molecule has 3 aromatic rings. The molecule has 2 aromatic carbocycles. The standard InChI is InChI=1S/C21H19BrN2O/c1-14(21(11-12-21)16-7-9-17(25-2)10-8-16)23-19-13-15-5-3-4-6-18(15)20(22)24-19/h3-10,13H,1,11-12H2,2H3,(H,23,24). The van der Waals surface area contributed by atoms with Crippen LogP contribution in [0.1, 0.15) is 18.4 Å². The highest BCUT2D eigenvalue weighted by molar-refractivity contribution is 9.10. The molecule has 0 bridgehead atoms. The van der Waals surface area contributed by atoms with Gasteiger partial charge >= 0.3 is 0 Å². The number of aromatic nitrogens is 1. The third-order valence-electron chi connectivity index (χ3n) is 4.94. The van der Waals surface area contributed by atoms with Crippen LogP contribution in [0.2, 0.25) is 0 Å².